The maximum Gasteiger partial charge on any atom is 0.147 e. The number of nitrogens with one attached hydrogen (secondary N) is 1. The molecule has 0 aliphatic carbocycles. The number of aromatic hydroxyl groups is 1. The Bertz CT molecular complexity index is 1080. The van der Waals surface area contributed by atoms with Gasteiger partial charge in [-0.25, -0.2) is 4.98 Å². The van der Waals surface area contributed by atoms with Crippen LogP contribution in [0.15, 0.2) is 73.1 Å². The zero-order valence-corrected chi connectivity index (χ0v) is 15.3. The number of rotatable bonds is 4. The van der Waals surface area contributed by atoms with Gasteiger partial charge in [-0.1, -0.05) is 35.9 Å². The highest BCUT2D eigenvalue weighted by Gasteiger charge is 2.20. The second kappa shape index (κ2) is 7.08. The Morgan fingerprint density at radius 2 is 1.56 bits per heavy atom. The number of pyridine rings is 2. The highest BCUT2D eigenvalue weighted by atomic mass is 16.3. The van der Waals surface area contributed by atoms with Gasteiger partial charge >= 0.3 is 0 Å². The molecule has 27 heavy (non-hydrogen) atoms. The number of benzene rings is 2. The molecule has 4 nitrogen and oxygen atoms in total. The van der Waals surface area contributed by atoms with E-state index in [1.807, 2.05) is 55.5 Å². The number of nitrogens with zero attached hydrogens (tertiary/aromatic N) is 2. The molecule has 4 aromatic rings. The van der Waals surface area contributed by atoms with Crippen LogP contribution in [0.1, 0.15) is 28.4 Å². The minimum atomic E-state index is -0.220. The molecule has 1 unspecified atom stereocenters. The van der Waals surface area contributed by atoms with Crippen molar-refractivity contribution in [2.24, 2.45) is 0 Å². The van der Waals surface area contributed by atoms with Crippen LogP contribution >= 0.6 is 0 Å². The Labute approximate surface area is 158 Å². The van der Waals surface area contributed by atoms with Crippen LogP contribution in [0.2, 0.25) is 0 Å². The number of hydrogen-bond donors (Lipinski definition) is 2. The molecule has 2 N–H and O–H groups in total. The summed E-state index contributed by atoms with van der Waals surface area (Å²) >= 11 is 0. The highest BCUT2D eigenvalue weighted by Crippen LogP contribution is 2.36. The van der Waals surface area contributed by atoms with Crippen LogP contribution in [0, 0.1) is 13.8 Å². The fourth-order valence-corrected chi connectivity index (χ4v) is 3.23. The molecule has 2 aromatic carbocycles. The lowest BCUT2D eigenvalue weighted by atomic mass is 9.96. The van der Waals surface area contributed by atoms with Gasteiger partial charge in [0.25, 0.3) is 0 Å². The van der Waals surface area contributed by atoms with E-state index in [0.717, 1.165) is 27.9 Å². The van der Waals surface area contributed by atoms with E-state index in [0.29, 0.717) is 5.52 Å². The lowest BCUT2D eigenvalue weighted by Gasteiger charge is -2.22. The molecule has 0 spiro atoms. The fourth-order valence-electron chi connectivity index (χ4n) is 3.23. The summed E-state index contributed by atoms with van der Waals surface area (Å²) in [6, 6.07) is 19.8. The molecule has 4 heteroatoms. The molecule has 0 bridgehead atoms. The number of fused-ring (bicyclic) bond motifs is 1. The SMILES string of the molecule is Cc1ccc(NC(c2ccncc2)c2ccc3ccc(C)nc3c2O)cc1. The van der Waals surface area contributed by atoms with Gasteiger partial charge < -0.3 is 10.4 Å². The molecular weight excluding hydrogens is 334 g/mol. The van der Waals surface area contributed by atoms with Crippen LogP contribution < -0.4 is 5.32 Å². The number of phenols is 1. The molecule has 2 aromatic heterocycles. The first-order valence-corrected chi connectivity index (χ1v) is 8.94. The Kier molecular flexibility index (Phi) is 4.47. The van der Waals surface area contributed by atoms with Crippen molar-refractivity contribution in [3.63, 3.8) is 0 Å². The first kappa shape index (κ1) is 17.0. The van der Waals surface area contributed by atoms with Crippen molar-refractivity contribution in [3.05, 3.63) is 95.4 Å². The van der Waals surface area contributed by atoms with Gasteiger partial charge in [0.2, 0.25) is 0 Å². The minimum absolute atomic E-state index is 0.206. The topological polar surface area (TPSA) is 58.0 Å². The van der Waals surface area contributed by atoms with Gasteiger partial charge in [0.15, 0.2) is 0 Å². The van der Waals surface area contributed by atoms with Gasteiger partial charge in [0.05, 0.1) is 6.04 Å². The molecule has 0 saturated heterocycles. The highest BCUT2D eigenvalue weighted by molar-refractivity contribution is 5.86. The van der Waals surface area contributed by atoms with Crippen molar-refractivity contribution >= 4 is 16.6 Å². The molecule has 0 amide bonds. The van der Waals surface area contributed by atoms with Crippen molar-refractivity contribution < 1.29 is 5.11 Å². The molecule has 0 radical (unpaired) electrons. The summed E-state index contributed by atoms with van der Waals surface area (Å²) in [6.07, 6.45) is 3.53. The van der Waals surface area contributed by atoms with Crippen molar-refractivity contribution in [1.29, 1.82) is 0 Å². The van der Waals surface area contributed by atoms with Gasteiger partial charge in [0, 0.05) is 34.7 Å². The Balaban J connectivity index is 1.84. The van der Waals surface area contributed by atoms with Gasteiger partial charge in [-0.05, 0) is 49.7 Å². The van der Waals surface area contributed by atoms with Crippen molar-refractivity contribution in [2.75, 3.05) is 5.32 Å². The predicted molar refractivity (Wildman–Crippen MR) is 109 cm³/mol. The second-order valence-corrected chi connectivity index (χ2v) is 6.75. The minimum Gasteiger partial charge on any atom is -0.505 e. The smallest absolute Gasteiger partial charge is 0.147 e. The van der Waals surface area contributed by atoms with Crippen LogP contribution in [0.25, 0.3) is 10.9 Å². The molecule has 0 aliphatic rings. The summed E-state index contributed by atoms with van der Waals surface area (Å²) in [4.78, 5) is 8.66. The number of anilines is 1. The quantitative estimate of drug-likeness (QED) is 0.531. The van der Waals surface area contributed by atoms with E-state index in [1.165, 1.54) is 5.56 Å². The standard InChI is InChI=1S/C23H21N3O/c1-15-3-8-19(9-4-15)26-21(18-11-13-24-14-12-18)20-10-7-17-6-5-16(2)25-22(17)23(20)27/h3-14,21,26-27H,1-2H3. The first-order chi connectivity index (χ1) is 13.1. The number of phenolic OH excluding ortho intramolecular Hbond substituents is 1. The van der Waals surface area contributed by atoms with E-state index in [2.05, 4.69) is 34.3 Å². The van der Waals surface area contributed by atoms with E-state index >= 15 is 0 Å². The van der Waals surface area contributed by atoms with E-state index in [-0.39, 0.29) is 11.8 Å². The van der Waals surface area contributed by atoms with Crippen LogP contribution in [-0.4, -0.2) is 15.1 Å². The average molecular weight is 355 g/mol. The van der Waals surface area contributed by atoms with Gasteiger partial charge in [-0.2, -0.15) is 0 Å². The summed E-state index contributed by atoms with van der Waals surface area (Å²) < 4.78 is 0. The predicted octanol–water partition coefficient (Wildman–Crippen LogP) is 5.15. The molecule has 0 fully saturated rings. The third-order valence-electron chi connectivity index (χ3n) is 4.72. The zero-order chi connectivity index (χ0) is 18.8. The van der Waals surface area contributed by atoms with Crippen molar-refractivity contribution in [2.45, 2.75) is 19.9 Å². The van der Waals surface area contributed by atoms with E-state index in [4.69, 9.17) is 0 Å². The maximum atomic E-state index is 11.0. The lowest BCUT2D eigenvalue weighted by molar-refractivity contribution is 0.471. The molecule has 0 aliphatic heterocycles. The zero-order valence-electron chi connectivity index (χ0n) is 15.3. The molecule has 0 saturated carbocycles. The number of hydrogen-bond acceptors (Lipinski definition) is 4. The monoisotopic (exact) mass is 355 g/mol. The third kappa shape index (κ3) is 3.47. The Morgan fingerprint density at radius 3 is 2.30 bits per heavy atom. The van der Waals surface area contributed by atoms with Crippen molar-refractivity contribution in [3.8, 4) is 5.75 Å². The number of aryl methyl sites for hydroxylation is 2. The number of aromatic nitrogens is 2. The molecule has 1 atom stereocenters. The third-order valence-corrected chi connectivity index (χ3v) is 4.72. The largest absolute Gasteiger partial charge is 0.505 e. The van der Waals surface area contributed by atoms with Gasteiger partial charge in [-0.15, -0.1) is 0 Å². The average Bonchev–Trinajstić information content (AvgIpc) is 2.69. The summed E-state index contributed by atoms with van der Waals surface area (Å²) in [5, 5.41) is 15.5. The summed E-state index contributed by atoms with van der Waals surface area (Å²) in [6.45, 7) is 3.99. The molecule has 2 heterocycles. The second-order valence-electron chi connectivity index (χ2n) is 6.75. The van der Waals surface area contributed by atoms with Crippen LogP contribution in [0.3, 0.4) is 0 Å². The van der Waals surface area contributed by atoms with Crippen LogP contribution in [-0.2, 0) is 0 Å². The Hall–Kier alpha value is -3.40. The molecule has 134 valence electrons. The lowest BCUT2D eigenvalue weighted by Crippen LogP contribution is -2.13. The van der Waals surface area contributed by atoms with Crippen LogP contribution in [0.4, 0.5) is 5.69 Å². The Morgan fingerprint density at radius 1 is 0.852 bits per heavy atom. The fraction of sp³-hybridized carbons (Fsp3) is 0.130. The summed E-state index contributed by atoms with van der Waals surface area (Å²) in [5.41, 5.74) is 5.49. The van der Waals surface area contributed by atoms with Gasteiger partial charge in [0.1, 0.15) is 11.3 Å². The van der Waals surface area contributed by atoms with E-state index in [1.54, 1.807) is 12.4 Å². The maximum absolute atomic E-state index is 11.0. The summed E-state index contributed by atoms with van der Waals surface area (Å²) in [5.74, 6) is 0.206. The summed E-state index contributed by atoms with van der Waals surface area (Å²) in [7, 11) is 0. The molecule has 4 rings (SSSR count). The van der Waals surface area contributed by atoms with Gasteiger partial charge in [-0.3, -0.25) is 4.98 Å². The van der Waals surface area contributed by atoms with E-state index in [9.17, 15) is 5.11 Å². The normalized spacial score (nSPS) is 12.1. The molecular formula is C23H21N3O. The van der Waals surface area contributed by atoms with Crippen molar-refractivity contribution in [1.82, 2.24) is 9.97 Å². The first-order valence-electron chi connectivity index (χ1n) is 8.94. The van der Waals surface area contributed by atoms with Crippen LogP contribution in [0.5, 0.6) is 5.75 Å². The van der Waals surface area contributed by atoms with E-state index < -0.39 is 0 Å².